The zero-order valence-corrected chi connectivity index (χ0v) is 14.6. The van der Waals surface area contributed by atoms with Crippen molar-refractivity contribution in [3.8, 4) is 0 Å². The molecule has 7 heteroatoms. The summed E-state index contributed by atoms with van der Waals surface area (Å²) in [7, 11) is 0. The molecule has 4 aliphatic rings. The normalized spacial score (nSPS) is 41.6. The number of carboxylic acids is 2. The minimum absolute atomic E-state index is 0.0783. The summed E-state index contributed by atoms with van der Waals surface area (Å²) in [5.74, 6) is -2.85. The molecule has 4 bridgehead atoms. The third-order valence-electron chi connectivity index (χ3n) is 6.83. The second-order valence-corrected chi connectivity index (χ2v) is 8.00. The van der Waals surface area contributed by atoms with Crippen LogP contribution < -0.4 is 0 Å². The summed E-state index contributed by atoms with van der Waals surface area (Å²) in [4.78, 5) is 36.1. The van der Waals surface area contributed by atoms with Crippen LogP contribution in [0.1, 0.15) is 52.4 Å². The second kappa shape index (κ2) is 6.06. The number of carboxylic acid groups (broad SMARTS) is 2. The van der Waals surface area contributed by atoms with Gasteiger partial charge in [-0.3, -0.25) is 4.79 Å². The highest BCUT2D eigenvalue weighted by atomic mass is 16.6. The van der Waals surface area contributed by atoms with Gasteiger partial charge in [0.2, 0.25) is 0 Å². The zero-order chi connectivity index (χ0) is 18.6. The van der Waals surface area contributed by atoms with Crippen LogP contribution >= 0.6 is 0 Å². The molecule has 0 aromatic carbocycles. The molecule has 4 saturated carbocycles. The fourth-order valence-electron chi connectivity index (χ4n) is 5.96. The van der Waals surface area contributed by atoms with Crippen LogP contribution in [0.5, 0.6) is 0 Å². The lowest BCUT2D eigenvalue weighted by Crippen LogP contribution is -2.70. The van der Waals surface area contributed by atoms with Crippen LogP contribution in [0, 0.1) is 23.2 Å². The van der Waals surface area contributed by atoms with Crippen molar-refractivity contribution in [2.75, 3.05) is 0 Å². The van der Waals surface area contributed by atoms with E-state index in [-0.39, 0.29) is 23.5 Å². The van der Waals surface area contributed by atoms with Gasteiger partial charge in [0.15, 0.2) is 18.0 Å². The molecule has 0 heterocycles. The number of aliphatic hydroxyl groups excluding tert-OH is 1. The Kier molecular flexibility index (Phi) is 4.44. The average molecular weight is 354 g/mol. The van der Waals surface area contributed by atoms with Gasteiger partial charge in [0.25, 0.3) is 0 Å². The third kappa shape index (κ3) is 2.51. The molecule has 3 N–H and O–H groups in total. The van der Waals surface area contributed by atoms with E-state index in [1.165, 1.54) is 0 Å². The highest BCUT2D eigenvalue weighted by Gasteiger charge is 2.68. The van der Waals surface area contributed by atoms with Crippen LogP contribution in [0.4, 0.5) is 0 Å². The first-order valence-corrected chi connectivity index (χ1v) is 9.07. The van der Waals surface area contributed by atoms with Crippen molar-refractivity contribution in [2.24, 2.45) is 23.2 Å². The first kappa shape index (κ1) is 18.3. The molecule has 0 radical (unpaired) electrons. The fraction of sp³-hybridized carbons (Fsp3) is 0.833. The van der Waals surface area contributed by atoms with Gasteiger partial charge >= 0.3 is 11.9 Å². The van der Waals surface area contributed by atoms with Crippen molar-refractivity contribution in [2.45, 2.75) is 70.2 Å². The molecule has 0 spiro atoms. The van der Waals surface area contributed by atoms with Gasteiger partial charge in [0.05, 0.1) is 0 Å². The van der Waals surface area contributed by atoms with Crippen molar-refractivity contribution < 1.29 is 34.4 Å². The van der Waals surface area contributed by atoms with Crippen LogP contribution in [0.2, 0.25) is 0 Å². The number of hydrogen-bond acceptors (Lipinski definition) is 5. The van der Waals surface area contributed by atoms with E-state index >= 15 is 0 Å². The highest BCUT2D eigenvalue weighted by Crippen LogP contribution is 2.65. The third-order valence-corrected chi connectivity index (χ3v) is 6.83. The van der Waals surface area contributed by atoms with E-state index in [2.05, 4.69) is 0 Å². The van der Waals surface area contributed by atoms with E-state index in [0.717, 1.165) is 19.3 Å². The molecule has 7 atom stereocenters. The molecule has 0 aromatic heterocycles. The molecule has 4 aliphatic carbocycles. The summed E-state index contributed by atoms with van der Waals surface area (Å²) in [6.45, 7) is 3.92. The Bertz CT molecular complexity index is 602. The maximum Gasteiger partial charge on any atom is 0.336 e. The minimum atomic E-state index is -2.20. The van der Waals surface area contributed by atoms with Gasteiger partial charge in [-0.15, -0.1) is 0 Å². The SMILES string of the molecule is CCC1C2CC3CC(CC)(C2)C(=O)C1(O[C@@H](C(=O)O)[C@@H](O)C(=O)O)C3. The van der Waals surface area contributed by atoms with E-state index in [0.29, 0.717) is 19.3 Å². The van der Waals surface area contributed by atoms with Crippen LogP contribution in [0.3, 0.4) is 0 Å². The van der Waals surface area contributed by atoms with Crippen molar-refractivity contribution >= 4 is 17.7 Å². The van der Waals surface area contributed by atoms with E-state index in [1.54, 1.807) is 0 Å². The van der Waals surface area contributed by atoms with E-state index in [9.17, 15) is 24.6 Å². The maximum atomic E-state index is 13.4. The van der Waals surface area contributed by atoms with Gasteiger partial charge in [-0.2, -0.15) is 0 Å². The lowest BCUT2D eigenvalue weighted by atomic mass is 9.42. The van der Waals surface area contributed by atoms with E-state index in [4.69, 9.17) is 9.84 Å². The molecular weight excluding hydrogens is 328 g/mol. The van der Waals surface area contributed by atoms with Crippen LogP contribution in [0.25, 0.3) is 0 Å². The Morgan fingerprint density at radius 2 is 1.88 bits per heavy atom. The molecule has 5 unspecified atom stereocenters. The molecule has 4 fully saturated rings. The Hall–Kier alpha value is -1.47. The summed E-state index contributed by atoms with van der Waals surface area (Å²) in [6, 6.07) is 0. The number of carbonyl (C=O) groups is 3. The van der Waals surface area contributed by atoms with Gasteiger partial charge in [-0.05, 0) is 56.3 Å². The molecule has 4 rings (SSSR count). The van der Waals surface area contributed by atoms with Gasteiger partial charge < -0.3 is 20.1 Å². The number of aliphatic hydroxyl groups is 1. The van der Waals surface area contributed by atoms with E-state index < -0.39 is 35.2 Å². The molecule has 0 saturated heterocycles. The largest absolute Gasteiger partial charge is 0.479 e. The quantitative estimate of drug-likeness (QED) is 0.633. The summed E-state index contributed by atoms with van der Waals surface area (Å²) in [6.07, 6.45) is 0.254. The summed E-state index contributed by atoms with van der Waals surface area (Å²) < 4.78 is 5.80. The Morgan fingerprint density at radius 1 is 1.20 bits per heavy atom. The van der Waals surface area contributed by atoms with Crippen molar-refractivity contribution in [1.29, 1.82) is 0 Å². The standard InChI is InChI=1S/C18H26O7/c1-3-11-10-5-9-6-17(4-2,8-10)16(24)18(11,7-9)25-13(15(22)23)12(19)14(20)21/h9-13,19H,3-8H2,1-2H3,(H,20,21)(H,22,23)/t9?,10?,11?,12-,13-,17?,18?/m1/s1. The molecule has 0 amide bonds. The maximum absolute atomic E-state index is 13.4. The number of ketones is 1. The summed E-state index contributed by atoms with van der Waals surface area (Å²) in [5, 5.41) is 28.2. The lowest BCUT2D eigenvalue weighted by Gasteiger charge is -2.64. The number of rotatable bonds is 7. The number of carbonyl (C=O) groups excluding carboxylic acids is 1. The zero-order valence-electron chi connectivity index (χ0n) is 14.6. The van der Waals surface area contributed by atoms with Gasteiger partial charge in [0.1, 0.15) is 5.60 Å². The number of ether oxygens (including phenoxy) is 1. The number of aliphatic carboxylic acids is 2. The minimum Gasteiger partial charge on any atom is -0.479 e. The molecule has 140 valence electrons. The fourth-order valence-corrected chi connectivity index (χ4v) is 5.96. The second-order valence-electron chi connectivity index (χ2n) is 8.00. The average Bonchev–Trinajstić information content (AvgIpc) is 2.56. The molecule has 0 aromatic rings. The van der Waals surface area contributed by atoms with Crippen LogP contribution in [0.15, 0.2) is 0 Å². The van der Waals surface area contributed by atoms with E-state index in [1.807, 2.05) is 13.8 Å². The number of Topliss-reactive ketones (excluding diaryl/α,β-unsaturated/α-hetero) is 1. The van der Waals surface area contributed by atoms with Crippen molar-refractivity contribution in [3.05, 3.63) is 0 Å². The Labute approximate surface area is 146 Å². The molecular formula is C18H26O7. The van der Waals surface area contributed by atoms with Gasteiger partial charge in [-0.1, -0.05) is 13.8 Å². The first-order chi connectivity index (χ1) is 11.7. The monoisotopic (exact) mass is 354 g/mol. The smallest absolute Gasteiger partial charge is 0.336 e. The predicted molar refractivity (Wildman–Crippen MR) is 85.8 cm³/mol. The topological polar surface area (TPSA) is 121 Å². The Balaban J connectivity index is 2.02. The highest BCUT2D eigenvalue weighted by molar-refractivity contribution is 5.96. The van der Waals surface area contributed by atoms with Crippen LogP contribution in [-0.2, 0) is 19.1 Å². The van der Waals surface area contributed by atoms with Crippen molar-refractivity contribution in [1.82, 2.24) is 0 Å². The molecule has 25 heavy (non-hydrogen) atoms. The van der Waals surface area contributed by atoms with Gasteiger partial charge in [-0.25, -0.2) is 9.59 Å². The van der Waals surface area contributed by atoms with Gasteiger partial charge in [0, 0.05) is 5.41 Å². The molecule has 0 aliphatic heterocycles. The number of hydrogen-bond donors (Lipinski definition) is 3. The predicted octanol–water partition coefficient (Wildman–Crippen LogP) is 1.47. The summed E-state index contributed by atoms with van der Waals surface area (Å²) >= 11 is 0. The summed E-state index contributed by atoms with van der Waals surface area (Å²) in [5.41, 5.74) is -1.77. The Morgan fingerprint density at radius 3 is 2.40 bits per heavy atom. The first-order valence-electron chi connectivity index (χ1n) is 9.07. The van der Waals surface area contributed by atoms with Crippen molar-refractivity contribution in [3.63, 3.8) is 0 Å². The molecule has 7 nitrogen and oxygen atoms in total. The lowest BCUT2D eigenvalue weighted by molar-refractivity contribution is -0.241. The van der Waals surface area contributed by atoms with Crippen LogP contribution in [-0.4, -0.2) is 50.9 Å².